The topological polar surface area (TPSA) is 38.3 Å². The Kier molecular flexibility index (Phi) is 5.06. The van der Waals surface area contributed by atoms with Crippen LogP contribution in [0, 0.1) is 5.92 Å². The Morgan fingerprint density at radius 3 is 2.92 bits per heavy atom. The maximum absolute atomic E-state index is 6.32. The van der Waals surface area contributed by atoms with Gasteiger partial charge in [-0.3, -0.25) is 4.90 Å². The molecule has 1 saturated carbocycles. The highest BCUT2D eigenvalue weighted by Gasteiger charge is 2.46. The van der Waals surface area contributed by atoms with Crippen molar-refractivity contribution in [2.45, 2.75) is 49.9 Å². The highest BCUT2D eigenvalue weighted by atomic mass is 32.2. The number of hydrogen-bond acceptors (Lipinski definition) is 6. The second-order valence-corrected chi connectivity index (χ2v) is 8.31. The van der Waals surface area contributed by atoms with Crippen LogP contribution in [-0.4, -0.2) is 38.1 Å². The zero-order valence-electron chi connectivity index (χ0n) is 13.9. The lowest BCUT2D eigenvalue weighted by atomic mass is 10.1. The molecule has 6 heteroatoms. The van der Waals surface area contributed by atoms with Crippen LogP contribution < -0.4 is 4.74 Å². The number of piperidine rings is 1. The van der Waals surface area contributed by atoms with Gasteiger partial charge in [-0.05, 0) is 36.5 Å². The molecule has 2 aliphatic rings. The van der Waals surface area contributed by atoms with Crippen LogP contribution in [-0.2, 0) is 6.54 Å². The monoisotopic (exact) mass is 361 g/mol. The second kappa shape index (κ2) is 7.42. The number of thioether (sulfide) groups is 1. The molecule has 2 bridgehead atoms. The van der Waals surface area contributed by atoms with E-state index in [1.165, 1.54) is 30.3 Å². The van der Waals surface area contributed by atoms with Crippen molar-refractivity contribution in [3.8, 4) is 5.88 Å². The van der Waals surface area contributed by atoms with Crippen LogP contribution in [0.25, 0.3) is 0 Å². The van der Waals surface area contributed by atoms with Gasteiger partial charge in [-0.2, -0.15) is 4.37 Å². The number of likely N-dealkylation sites (tertiary alicyclic amines) is 1. The number of hydrogen-bond donors (Lipinski definition) is 0. The number of ether oxygens (including phenoxy) is 1. The third kappa shape index (κ3) is 3.46. The first-order valence-electron chi connectivity index (χ1n) is 8.73. The summed E-state index contributed by atoms with van der Waals surface area (Å²) in [6.07, 6.45) is 3.82. The van der Waals surface area contributed by atoms with E-state index < -0.39 is 0 Å². The van der Waals surface area contributed by atoms with E-state index >= 15 is 0 Å². The quantitative estimate of drug-likeness (QED) is 0.695. The molecule has 3 atom stereocenters. The number of nitrogens with zero attached hydrogens (tertiary/aromatic N) is 3. The van der Waals surface area contributed by atoms with Gasteiger partial charge in [0.2, 0.25) is 0 Å². The fourth-order valence-corrected chi connectivity index (χ4v) is 5.26. The molecule has 2 fully saturated rings. The molecule has 2 aromatic rings. The second-order valence-electron chi connectivity index (χ2n) is 6.70. The molecule has 24 heavy (non-hydrogen) atoms. The van der Waals surface area contributed by atoms with E-state index in [1.807, 2.05) is 0 Å². The van der Waals surface area contributed by atoms with Crippen molar-refractivity contribution in [3.63, 3.8) is 0 Å². The van der Waals surface area contributed by atoms with Crippen molar-refractivity contribution in [3.05, 3.63) is 35.9 Å². The van der Waals surface area contributed by atoms with Gasteiger partial charge in [-0.15, -0.1) is 4.37 Å². The summed E-state index contributed by atoms with van der Waals surface area (Å²) in [5.74, 6) is 2.59. The Labute approximate surface area is 151 Å². The molecule has 1 aliphatic heterocycles. The van der Waals surface area contributed by atoms with Gasteiger partial charge in [0.15, 0.2) is 5.03 Å². The zero-order chi connectivity index (χ0) is 16.4. The van der Waals surface area contributed by atoms with Gasteiger partial charge in [0.05, 0.1) is 11.7 Å². The molecular formula is C18H23N3OS2. The number of fused-ring (bicyclic) bond motifs is 2. The van der Waals surface area contributed by atoms with E-state index in [1.54, 1.807) is 11.8 Å². The molecule has 1 aromatic carbocycles. The highest BCUT2D eigenvalue weighted by molar-refractivity contribution is 7.99. The van der Waals surface area contributed by atoms with Crippen LogP contribution >= 0.6 is 23.5 Å². The predicted molar refractivity (Wildman–Crippen MR) is 98.7 cm³/mol. The van der Waals surface area contributed by atoms with Crippen molar-refractivity contribution in [2.24, 2.45) is 5.92 Å². The van der Waals surface area contributed by atoms with Crippen LogP contribution in [0.1, 0.15) is 31.7 Å². The van der Waals surface area contributed by atoms with Gasteiger partial charge < -0.3 is 4.74 Å². The maximum Gasteiger partial charge on any atom is 0.260 e. The first-order valence-corrected chi connectivity index (χ1v) is 10.4. The largest absolute Gasteiger partial charge is 0.470 e. The van der Waals surface area contributed by atoms with Crippen LogP contribution in [0.4, 0.5) is 0 Å². The van der Waals surface area contributed by atoms with E-state index in [2.05, 4.69) is 50.9 Å². The predicted octanol–water partition coefficient (Wildman–Crippen LogP) is 4.08. The van der Waals surface area contributed by atoms with Crippen LogP contribution in [0.5, 0.6) is 5.88 Å². The number of aromatic nitrogens is 2. The van der Waals surface area contributed by atoms with Crippen molar-refractivity contribution in [1.29, 1.82) is 0 Å². The number of benzene rings is 1. The summed E-state index contributed by atoms with van der Waals surface area (Å²) >= 11 is 3.02. The van der Waals surface area contributed by atoms with Gasteiger partial charge >= 0.3 is 0 Å². The van der Waals surface area contributed by atoms with Crippen LogP contribution in [0.15, 0.2) is 35.4 Å². The molecular weight excluding hydrogens is 338 g/mol. The minimum absolute atomic E-state index is 0.261. The lowest BCUT2D eigenvalue weighted by molar-refractivity contribution is 0.0654. The summed E-state index contributed by atoms with van der Waals surface area (Å²) in [6.45, 7) is 4.41. The van der Waals surface area contributed by atoms with Gasteiger partial charge in [-0.1, -0.05) is 49.0 Å². The van der Waals surface area contributed by atoms with Crippen LogP contribution in [0.2, 0.25) is 0 Å². The third-order valence-electron chi connectivity index (χ3n) is 4.90. The van der Waals surface area contributed by atoms with Crippen molar-refractivity contribution in [1.82, 2.24) is 13.6 Å². The van der Waals surface area contributed by atoms with Gasteiger partial charge in [0.25, 0.3) is 5.88 Å². The van der Waals surface area contributed by atoms with Crippen molar-refractivity contribution in [2.75, 3.05) is 12.3 Å². The Morgan fingerprint density at radius 1 is 1.25 bits per heavy atom. The first-order chi connectivity index (χ1) is 11.8. The Hall–Kier alpha value is -1.11. The molecule has 0 amide bonds. The molecule has 128 valence electrons. The molecule has 2 heterocycles. The van der Waals surface area contributed by atoms with E-state index in [0.717, 1.165) is 42.0 Å². The molecule has 0 spiro atoms. The van der Waals surface area contributed by atoms with E-state index in [9.17, 15) is 0 Å². The molecule has 1 aliphatic carbocycles. The van der Waals surface area contributed by atoms with Crippen molar-refractivity contribution < 1.29 is 4.74 Å². The highest BCUT2D eigenvalue weighted by Crippen LogP contribution is 2.41. The fraction of sp³-hybridized carbons (Fsp3) is 0.556. The fourth-order valence-electron chi connectivity index (χ4n) is 3.88. The summed E-state index contributed by atoms with van der Waals surface area (Å²) in [5.41, 5.74) is 1.39. The van der Waals surface area contributed by atoms with Crippen LogP contribution in [0.3, 0.4) is 0 Å². The smallest absolute Gasteiger partial charge is 0.260 e. The molecule has 4 nitrogen and oxygen atoms in total. The van der Waals surface area contributed by atoms with E-state index in [4.69, 9.17) is 4.74 Å². The van der Waals surface area contributed by atoms with Gasteiger partial charge in [0, 0.05) is 19.1 Å². The van der Waals surface area contributed by atoms with Crippen molar-refractivity contribution >= 4 is 23.5 Å². The summed E-state index contributed by atoms with van der Waals surface area (Å²) in [5, 5.41) is 0.972. The lowest BCUT2D eigenvalue weighted by Crippen LogP contribution is -2.43. The minimum atomic E-state index is 0.261. The molecule has 1 saturated heterocycles. The average Bonchev–Trinajstić information content (AvgIpc) is 3.30. The standard InChI is InChI=1S/C18H23N3OS2/c1-2-8-23-18-17(19-24-20-18)22-16-10-14-9-15(16)21(12-14)11-13-6-4-3-5-7-13/h3-7,14-16H,2,8-12H2,1H3/t14-,15+,16+/m0/s1. The Bertz CT molecular complexity index is 663. The maximum atomic E-state index is 6.32. The Morgan fingerprint density at radius 2 is 2.12 bits per heavy atom. The summed E-state index contributed by atoms with van der Waals surface area (Å²) in [4.78, 5) is 2.59. The lowest BCUT2D eigenvalue weighted by Gasteiger charge is -2.33. The van der Waals surface area contributed by atoms with Gasteiger partial charge in [0.1, 0.15) is 6.10 Å². The molecule has 1 aromatic heterocycles. The SMILES string of the molecule is CCCSc1nsnc1O[C@@H]1C[C@@H]2C[C@H]1N(Cc1ccccc1)C2. The average molecular weight is 362 g/mol. The molecule has 0 radical (unpaired) electrons. The summed E-state index contributed by atoms with van der Waals surface area (Å²) in [6, 6.07) is 11.3. The minimum Gasteiger partial charge on any atom is -0.470 e. The zero-order valence-corrected chi connectivity index (χ0v) is 15.6. The number of rotatable bonds is 7. The first kappa shape index (κ1) is 16.4. The van der Waals surface area contributed by atoms with Gasteiger partial charge in [-0.25, -0.2) is 0 Å². The summed E-state index contributed by atoms with van der Waals surface area (Å²) in [7, 11) is 0. The third-order valence-corrected chi connectivity index (χ3v) is 6.68. The Balaban J connectivity index is 1.41. The normalized spacial score (nSPS) is 26.1. The van der Waals surface area contributed by atoms with E-state index in [0.29, 0.717) is 6.04 Å². The summed E-state index contributed by atoms with van der Waals surface area (Å²) < 4.78 is 15.1. The van der Waals surface area contributed by atoms with E-state index in [-0.39, 0.29) is 6.10 Å². The molecule has 0 unspecified atom stereocenters. The molecule has 0 N–H and O–H groups in total. The molecule has 4 rings (SSSR count).